The van der Waals surface area contributed by atoms with E-state index in [1.165, 1.54) is 31.3 Å². The summed E-state index contributed by atoms with van der Waals surface area (Å²) in [4.78, 5) is 45.9. The molecule has 0 aromatic carbocycles. The number of fused-ring (bicyclic) bond motifs is 5. The first-order valence-electron chi connectivity index (χ1n) is 18.8. The van der Waals surface area contributed by atoms with E-state index in [0.29, 0.717) is 31.4 Å². The summed E-state index contributed by atoms with van der Waals surface area (Å²) >= 11 is 0. The largest absolute Gasteiger partial charge is 0.396 e. The predicted octanol–water partition coefficient (Wildman–Crippen LogP) is 4.60. The van der Waals surface area contributed by atoms with Gasteiger partial charge in [0.2, 0.25) is 5.95 Å². The number of allylic oxidation sites excluding steroid dienone is 4. The van der Waals surface area contributed by atoms with E-state index < -0.39 is 11.6 Å². The Bertz CT molecular complexity index is 1460. The van der Waals surface area contributed by atoms with Gasteiger partial charge in [0.25, 0.3) is 0 Å². The Labute approximate surface area is 284 Å². The maximum Gasteiger partial charge on any atom is 0.229 e. The van der Waals surface area contributed by atoms with Crippen LogP contribution < -0.4 is 14.7 Å². The van der Waals surface area contributed by atoms with Crippen LogP contribution in [0.25, 0.3) is 0 Å². The molecule has 1 aromatic rings. The van der Waals surface area contributed by atoms with E-state index in [1.807, 2.05) is 0 Å². The third-order valence-corrected chi connectivity index (χ3v) is 13.7. The zero-order valence-electron chi connectivity index (χ0n) is 28.9. The first-order valence-corrected chi connectivity index (χ1v) is 18.8. The van der Waals surface area contributed by atoms with Crippen LogP contribution in [0.15, 0.2) is 29.4 Å². The Kier molecular flexibility index (Phi) is 8.42. The van der Waals surface area contributed by atoms with Crippen LogP contribution in [-0.4, -0.2) is 103 Å². The molecule has 260 valence electrons. The lowest BCUT2D eigenvalue weighted by atomic mass is 9.50. The molecule has 48 heavy (non-hydrogen) atoms. The molecule has 8 rings (SSSR count). The molecule has 1 N–H and O–H groups in total. The summed E-state index contributed by atoms with van der Waals surface area (Å²) in [5, 5.41) is 10.6. The predicted molar refractivity (Wildman–Crippen MR) is 185 cm³/mol. The molecule has 7 atom stereocenters. The van der Waals surface area contributed by atoms with Crippen molar-refractivity contribution >= 4 is 29.2 Å². The van der Waals surface area contributed by atoms with E-state index in [-0.39, 0.29) is 47.3 Å². The number of aliphatic hydroxyl groups excluding tert-OH is 1. The van der Waals surface area contributed by atoms with Gasteiger partial charge in [-0.3, -0.25) is 14.5 Å². The molecule has 7 aliphatic rings. The van der Waals surface area contributed by atoms with E-state index >= 15 is 4.39 Å². The van der Waals surface area contributed by atoms with Crippen LogP contribution in [0.4, 0.5) is 22.0 Å². The highest BCUT2D eigenvalue weighted by Gasteiger charge is 2.61. The second-order valence-electron chi connectivity index (χ2n) is 16.3. The number of carbonyl (C=O) groups is 2. The molecule has 4 heterocycles. The number of alkyl halides is 1. The van der Waals surface area contributed by atoms with Gasteiger partial charge in [-0.15, -0.1) is 0 Å². The highest BCUT2D eigenvalue weighted by atomic mass is 19.1. The van der Waals surface area contributed by atoms with Crippen molar-refractivity contribution < 1.29 is 19.1 Å². The second kappa shape index (κ2) is 12.5. The average Bonchev–Trinajstić information content (AvgIpc) is 3.87. The minimum Gasteiger partial charge on any atom is -0.396 e. The molecule has 0 amide bonds. The van der Waals surface area contributed by atoms with E-state index in [4.69, 9.17) is 9.97 Å². The number of anilines is 3. The molecule has 1 unspecified atom stereocenters. The quantitative estimate of drug-likeness (QED) is 0.422. The lowest BCUT2D eigenvalue weighted by molar-refractivity contribution is -0.130. The number of aliphatic hydroxyl groups is 1. The zero-order chi connectivity index (χ0) is 33.2. The van der Waals surface area contributed by atoms with Crippen LogP contribution in [0, 0.1) is 34.5 Å². The topological polar surface area (TPSA) is 93.1 Å². The van der Waals surface area contributed by atoms with E-state index in [9.17, 15) is 14.7 Å². The number of halogens is 1. The molecular formula is C38H53FN6O3. The van der Waals surface area contributed by atoms with Crippen LogP contribution >= 0.6 is 0 Å². The van der Waals surface area contributed by atoms with Gasteiger partial charge in [0.05, 0.1) is 6.54 Å². The number of ketones is 2. The summed E-state index contributed by atoms with van der Waals surface area (Å²) in [5.41, 5.74) is 1.22. The van der Waals surface area contributed by atoms with Crippen molar-refractivity contribution in [2.24, 2.45) is 34.5 Å². The highest BCUT2D eigenvalue weighted by molar-refractivity contribution is 5.92. The molecule has 9 nitrogen and oxygen atoms in total. The molecular weight excluding hydrogens is 607 g/mol. The van der Waals surface area contributed by atoms with Crippen LogP contribution in [0.3, 0.4) is 0 Å². The summed E-state index contributed by atoms with van der Waals surface area (Å²) in [5.74, 6) is 2.99. The Morgan fingerprint density at radius 3 is 2.23 bits per heavy atom. The fourth-order valence-electron chi connectivity index (χ4n) is 11.0. The van der Waals surface area contributed by atoms with Crippen LogP contribution in [0.5, 0.6) is 0 Å². The van der Waals surface area contributed by atoms with Crippen molar-refractivity contribution in [1.29, 1.82) is 0 Å². The molecule has 5 fully saturated rings. The Morgan fingerprint density at radius 2 is 1.56 bits per heavy atom. The standard InChI is InChI=1S/C38H53FN6O3/c1-37-9-7-26(47)20-30(37)31(39)21-27-28(37)8-10-38(2)29(27)19-25(24-46)35(38)32(48)23-42-15-17-44(18-16-42)34-22-33(43-11-3-4-12-43)40-36(41-34)45-13-5-6-14-45/h8,20,22,25,27,29,31,35,46H,3-7,9-19,21,23-24H2,1-2H3/t25?,27-,29+,31+,35-,37-,38+/m1/s1. The average molecular weight is 661 g/mol. The Hall–Kier alpha value is -2.85. The van der Waals surface area contributed by atoms with Gasteiger partial charge in [0.1, 0.15) is 17.8 Å². The SMILES string of the molecule is C[C@]12CCC(=O)C=C1[C@@H](F)C[C@@H]1C2=CC[C@]2(C)[C@@H](C(=O)CN3CCN(c4cc(N5CCCC5)nc(N5CCCC5)n4)CC3)C(CO)C[C@@H]12. The van der Waals surface area contributed by atoms with Crippen molar-refractivity contribution in [2.75, 3.05) is 80.2 Å². The normalized spacial score (nSPS) is 36.9. The smallest absolute Gasteiger partial charge is 0.229 e. The summed E-state index contributed by atoms with van der Waals surface area (Å²) in [6.07, 6.45) is 10.6. The van der Waals surface area contributed by atoms with Crippen molar-refractivity contribution in [1.82, 2.24) is 14.9 Å². The number of hydrogen-bond acceptors (Lipinski definition) is 9. The van der Waals surface area contributed by atoms with Crippen LogP contribution in [-0.2, 0) is 9.59 Å². The lowest BCUT2D eigenvalue weighted by Gasteiger charge is -2.54. The van der Waals surface area contributed by atoms with Gasteiger partial charge in [0.15, 0.2) is 11.6 Å². The third kappa shape index (κ3) is 5.40. The van der Waals surface area contributed by atoms with Gasteiger partial charge >= 0.3 is 0 Å². The number of rotatable bonds is 7. The summed E-state index contributed by atoms with van der Waals surface area (Å²) in [7, 11) is 0. The molecule has 3 saturated heterocycles. The molecule has 4 aliphatic carbocycles. The maximum absolute atomic E-state index is 15.8. The number of carbonyl (C=O) groups excluding carboxylic acids is 2. The Balaban J connectivity index is 0.966. The summed E-state index contributed by atoms with van der Waals surface area (Å²) in [6.45, 7) is 12.0. The van der Waals surface area contributed by atoms with E-state index in [0.717, 1.165) is 82.8 Å². The summed E-state index contributed by atoms with van der Waals surface area (Å²) in [6, 6.07) is 2.17. The zero-order valence-corrected chi connectivity index (χ0v) is 28.9. The van der Waals surface area contributed by atoms with Gasteiger partial charge in [-0.05, 0) is 86.2 Å². The second-order valence-corrected chi connectivity index (χ2v) is 16.3. The van der Waals surface area contributed by atoms with Crippen molar-refractivity contribution in [2.45, 2.75) is 77.8 Å². The fraction of sp³-hybridized carbons (Fsp3) is 0.737. The molecule has 3 aliphatic heterocycles. The number of nitrogens with zero attached hydrogens (tertiary/aromatic N) is 6. The first-order chi connectivity index (χ1) is 23.2. The fourth-order valence-corrected chi connectivity index (χ4v) is 11.0. The lowest BCUT2D eigenvalue weighted by Crippen LogP contribution is -2.51. The van der Waals surface area contributed by atoms with E-state index in [2.05, 4.69) is 45.6 Å². The minimum absolute atomic E-state index is 0.0132. The highest BCUT2D eigenvalue weighted by Crippen LogP contribution is 2.66. The number of Topliss-reactive ketones (excluding diaryl/α,β-unsaturated/α-hetero) is 1. The molecule has 0 radical (unpaired) electrons. The summed E-state index contributed by atoms with van der Waals surface area (Å²) < 4.78 is 15.8. The molecule has 1 aromatic heterocycles. The van der Waals surface area contributed by atoms with Gasteiger partial charge in [-0.25, -0.2) is 4.39 Å². The van der Waals surface area contributed by atoms with Crippen LogP contribution in [0.1, 0.15) is 71.6 Å². The molecule has 10 heteroatoms. The maximum atomic E-state index is 15.8. The van der Waals surface area contributed by atoms with Crippen LogP contribution in [0.2, 0.25) is 0 Å². The monoisotopic (exact) mass is 660 g/mol. The number of aromatic nitrogens is 2. The van der Waals surface area contributed by atoms with Crippen molar-refractivity contribution in [3.8, 4) is 0 Å². The van der Waals surface area contributed by atoms with Crippen molar-refractivity contribution in [3.05, 3.63) is 29.4 Å². The van der Waals surface area contributed by atoms with Gasteiger partial charge in [-0.1, -0.05) is 25.5 Å². The number of hydrogen-bond donors (Lipinski definition) is 1. The van der Waals surface area contributed by atoms with Crippen molar-refractivity contribution in [3.63, 3.8) is 0 Å². The van der Waals surface area contributed by atoms with Gasteiger partial charge < -0.3 is 19.8 Å². The third-order valence-electron chi connectivity index (χ3n) is 13.7. The Morgan fingerprint density at radius 1 is 0.917 bits per heavy atom. The van der Waals surface area contributed by atoms with Gasteiger partial charge in [-0.2, -0.15) is 9.97 Å². The molecule has 0 bridgehead atoms. The first kappa shape index (κ1) is 32.4. The number of piperazine rings is 1. The molecule has 2 saturated carbocycles. The van der Waals surface area contributed by atoms with Gasteiger partial charge in [0, 0.05) is 82.8 Å². The molecule has 0 spiro atoms. The minimum atomic E-state index is -1.13. The van der Waals surface area contributed by atoms with E-state index in [1.54, 1.807) is 6.08 Å².